The maximum atomic E-state index is 4.11. The lowest BCUT2D eigenvalue weighted by Gasteiger charge is -2.11. The topological polar surface area (TPSA) is 42.7 Å². The van der Waals surface area contributed by atoms with Crippen LogP contribution in [0.5, 0.6) is 0 Å². The molecule has 4 nitrogen and oxygen atoms in total. The zero-order chi connectivity index (χ0) is 12.9. The fraction of sp³-hybridized carbons (Fsp3) is 0.429. The van der Waals surface area contributed by atoms with Crippen LogP contribution in [-0.2, 0) is 6.54 Å². The Hall–Kier alpha value is -1.49. The molecule has 1 unspecified atom stereocenters. The summed E-state index contributed by atoms with van der Waals surface area (Å²) in [6.07, 6.45) is 4.65. The van der Waals surface area contributed by atoms with Crippen molar-refractivity contribution >= 4 is 17.4 Å². The maximum absolute atomic E-state index is 4.11. The van der Waals surface area contributed by atoms with Crippen molar-refractivity contribution in [2.75, 3.05) is 23.4 Å². The van der Waals surface area contributed by atoms with Gasteiger partial charge in [0.15, 0.2) is 0 Å². The first kappa shape index (κ1) is 12.5. The van der Waals surface area contributed by atoms with Gasteiger partial charge in [-0.15, -0.1) is 0 Å². The molecule has 1 aliphatic rings. The largest absolute Gasteiger partial charge is 0.385 e. The van der Waals surface area contributed by atoms with Gasteiger partial charge in [-0.05, 0) is 41.5 Å². The van der Waals surface area contributed by atoms with E-state index in [9.17, 15) is 0 Å². The molecule has 0 radical (unpaired) electrons. The van der Waals surface area contributed by atoms with Crippen molar-refractivity contribution in [1.29, 1.82) is 0 Å². The van der Waals surface area contributed by atoms with E-state index >= 15 is 0 Å². The zero-order valence-corrected chi connectivity index (χ0v) is 11.6. The highest BCUT2D eigenvalue weighted by molar-refractivity contribution is 7.99. The maximum Gasteiger partial charge on any atom is 0.137 e. The summed E-state index contributed by atoms with van der Waals surface area (Å²) in [5.74, 6) is 3.46. The van der Waals surface area contributed by atoms with Crippen LogP contribution < -0.4 is 5.32 Å². The van der Waals surface area contributed by atoms with Gasteiger partial charge < -0.3 is 5.32 Å². The minimum Gasteiger partial charge on any atom is -0.385 e. The highest BCUT2D eigenvalue weighted by Gasteiger charge is 2.14. The summed E-state index contributed by atoms with van der Waals surface area (Å²) in [5, 5.41) is 7.63. The molecule has 1 N–H and O–H groups in total. The Bertz CT molecular complexity index is 489. The zero-order valence-electron chi connectivity index (χ0n) is 10.8. The average Bonchev–Trinajstić information content (AvgIpc) is 3.11. The highest BCUT2D eigenvalue weighted by Crippen LogP contribution is 2.23. The molecular formula is C14H18N4S. The van der Waals surface area contributed by atoms with E-state index in [1.54, 1.807) is 12.7 Å². The molecular weight excluding hydrogens is 256 g/mol. The second-order valence-electron chi connectivity index (χ2n) is 4.90. The Morgan fingerprint density at radius 3 is 2.89 bits per heavy atom. The number of nitrogens with one attached hydrogen (secondary N) is 1. The number of nitrogens with zero attached hydrogens (tertiary/aromatic N) is 3. The molecule has 5 heteroatoms. The molecule has 19 heavy (non-hydrogen) atoms. The summed E-state index contributed by atoms with van der Waals surface area (Å²) in [7, 11) is 0. The summed E-state index contributed by atoms with van der Waals surface area (Å²) >= 11 is 2.07. The van der Waals surface area contributed by atoms with Crippen LogP contribution in [0.4, 0.5) is 5.69 Å². The molecule has 1 atom stereocenters. The fourth-order valence-electron chi connectivity index (χ4n) is 2.24. The SMILES string of the molecule is c1ncn(Cc2ccc(NCC3CCSC3)cc2)n1. The Morgan fingerprint density at radius 2 is 2.21 bits per heavy atom. The summed E-state index contributed by atoms with van der Waals surface area (Å²) in [5.41, 5.74) is 2.45. The molecule has 0 bridgehead atoms. The molecule has 0 saturated carbocycles. The van der Waals surface area contributed by atoms with E-state index < -0.39 is 0 Å². The van der Waals surface area contributed by atoms with E-state index in [2.05, 4.69) is 51.4 Å². The minimum absolute atomic E-state index is 0.777. The standard InChI is InChI=1S/C14H18N4S/c1-3-14(16-7-13-5-6-19-9-13)4-2-12(1)8-18-11-15-10-17-18/h1-4,10-11,13,16H,5-9H2. The molecule has 1 fully saturated rings. The molecule has 0 spiro atoms. The quantitative estimate of drug-likeness (QED) is 0.909. The predicted octanol–water partition coefficient (Wildman–Crippen LogP) is 2.49. The normalized spacial score (nSPS) is 18.6. The van der Waals surface area contributed by atoms with Gasteiger partial charge >= 0.3 is 0 Å². The van der Waals surface area contributed by atoms with Crippen molar-refractivity contribution < 1.29 is 0 Å². The van der Waals surface area contributed by atoms with E-state index in [1.165, 1.54) is 29.2 Å². The first-order chi connectivity index (χ1) is 9.40. The van der Waals surface area contributed by atoms with Crippen LogP contribution in [0.15, 0.2) is 36.9 Å². The number of aromatic nitrogens is 3. The third-order valence-corrected chi connectivity index (χ3v) is 4.62. The Balaban J connectivity index is 1.53. The molecule has 1 saturated heterocycles. The van der Waals surface area contributed by atoms with Gasteiger partial charge in [-0.3, -0.25) is 0 Å². The number of thioether (sulfide) groups is 1. The van der Waals surface area contributed by atoms with Crippen LogP contribution in [0, 0.1) is 5.92 Å². The van der Waals surface area contributed by atoms with E-state index in [0.29, 0.717) is 0 Å². The van der Waals surface area contributed by atoms with Crippen LogP contribution in [0.2, 0.25) is 0 Å². The lowest BCUT2D eigenvalue weighted by molar-refractivity contribution is 0.632. The first-order valence-electron chi connectivity index (χ1n) is 6.63. The summed E-state index contributed by atoms with van der Waals surface area (Å²) < 4.78 is 1.83. The second-order valence-corrected chi connectivity index (χ2v) is 6.05. The van der Waals surface area contributed by atoms with Crippen molar-refractivity contribution in [3.8, 4) is 0 Å². The third kappa shape index (κ3) is 3.50. The van der Waals surface area contributed by atoms with Gasteiger partial charge in [-0.2, -0.15) is 16.9 Å². The van der Waals surface area contributed by atoms with Gasteiger partial charge in [0.05, 0.1) is 6.54 Å². The fourth-order valence-corrected chi connectivity index (χ4v) is 3.52. The Labute approximate surface area is 117 Å². The second kappa shape index (κ2) is 6.10. The first-order valence-corrected chi connectivity index (χ1v) is 7.78. The highest BCUT2D eigenvalue weighted by atomic mass is 32.2. The molecule has 1 aromatic heterocycles. The van der Waals surface area contributed by atoms with E-state index in [4.69, 9.17) is 0 Å². The van der Waals surface area contributed by atoms with Crippen molar-refractivity contribution in [2.45, 2.75) is 13.0 Å². The van der Waals surface area contributed by atoms with Gasteiger partial charge in [0.2, 0.25) is 0 Å². The smallest absolute Gasteiger partial charge is 0.137 e. The summed E-state index contributed by atoms with van der Waals surface area (Å²) in [4.78, 5) is 3.95. The van der Waals surface area contributed by atoms with Gasteiger partial charge in [-0.25, -0.2) is 9.67 Å². The van der Waals surface area contributed by atoms with Gasteiger partial charge in [0.1, 0.15) is 12.7 Å². The monoisotopic (exact) mass is 274 g/mol. The van der Waals surface area contributed by atoms with Crippen molar-refractivity contribution in [2.24, 2.45) is 5.92 Å². The molecule has 3 rings (SSSR count). The van der Waals surface area contributed by atoms with Gasteiger partial charge in [-0.1, -0.05) is 12.1 Å². The number of hydrogen-bond acceptors (Lipinski definition) is 4. The third-order valence-electron chi connectivity index (χ3n) is 3.38. The molecule has 1 aliphatic heterocycles. The number of rotatable bonds is 5. The molecule has 2 heterocycles. The summed E-state index contributed by atoms with van der Waals surface area (Å²) in [6, 6.07) is 8.59. The van der Waals surface area contributed by atoms with Gasteiger partial charge in [0, 0.05) is 12.2 Å². The lowest BCUT2D eigenvalue weighted by atomic mass is 10.1. The molecule has 1 aromatic carbocycles. The lowest BCUT2D eigenvalue weighted by Crippen LogP contribution is -2.13. The van der Waals surface area contributed by atoms with Crippen molar-refractivity contribution in [1.82, 2.24) is 14.8 Å². The Kier molecular flexibility index (Phi) is 4.03. The molecule has 2 aromatic rings. The van der Waals surface area contributed by atoms with E-state index in [0.717, 1.165) is 19.0 Å². The molecule has 100 valence electrons. The van der Waals surface area contributed by atoms with E-state index in [-0.39, 0.29) is 0 Å². The molecule has 0 aliphatic carbocycles. The number of benzene rings is 1. The number of anilines is 1. The van der Waals surface area contributed by atoms with Gasteiger partial charge in [0.25, 0.3) is 0 Å². The molecule has 0 amide bonds. The van der Waals surface area contributed by atoms with Crippen molar-refractivity contribution in [3.63, 3.8) is 0 Å². The predicted molar refractivity (Wildman–Crippen MR) is 79.5 cm³/mol. The average molecular weight is 274 g/mol. The van der Waals surface area contributed by atoms with Crippen LogP contribution in [0.1, 0.15) is 12.0 Å². The minimum atomic E-state index is 0.777. The van der Waals surface area contributed by atoms with Crippen LogP contribution >= 0.6 is 11.8 Å². The van der Waals surface area contributed by atoms with Crippen molar-refractivity contribution in [3.05, 3.63) is 42.5 Å². The van der Waals surface area contributed by atoms with E-state index in [1.807, 2.05) is 4.68 Å². The number of hydrogen-bond donors (Lipinski definition) is 1. The van der Waals surface area contributed by atoms with Crippen LogP contribution in [-0.4, -0.2) is 32.8 Å². The van der Waals surface area contributed by atoms with Crippen LogP contribution in [0.25, 0.3) is 0 Å². The Morgan fingerprint density at radius 1 is 1.32 bits per heavy atom. The summed E-state index contributed by atoms with van der Waals surface area (Å²) in [6.45, 7) is 1.87. The van der Waals surface area contributed by atoms with Crippen LogP contribution in [0.3, 0.4) is 0 Å².